The summed E-state index contributed by atoms with van der Waals surface area (Å²) in [6.07, 6.45) is 10.6. The standard InChI is InChI=1S/C17H28N4/c1-3-21-16(19-11-20-21)10-18-12(2)17-7-13-4-14(8-17)6-15(5-13)9-17/h11-15,18H,3-10H2,1-2H3. The summed E-state index contributed by atoms with van der Waals surface area (Å²) in [6.45, 7) is 6.31. The first kappa shape index (κ1) is 13.7. The fraction of sp³-hybridized carbons (Fsp3) is 0.882. The van der Waals surface area contributed by atoms with Crippen LogP contribution in [0.25, 0.3) is 0 Å². The molecule has 0 aromatic carbocycles. The summed E-state index contributed by atoms with van der Waals surface area (Å²) in [5.41, 5.74) is 0.575. The minimum absolute atomic E-state index is 0.575. The van der Waals surface area contributed by atoms with Crippen molar-refractivity contribution in [2.24, 2.45) is 23.2 Å². The third-order valence-corrected chi connectivity index (χ3v) is 6.57. The zero-order valence-electron chi connectivity index (χ0n) is 13.4. The van der Waals surface area contributed by atoms with Gasteiger partial charge in [0.2, 0.25) is 0 Å². The van der Waals surface area contributed by atoms with E-state index in [2.05, 4.69) is 29.2 Å². The Morgan fingerprint density at radius 3 is 2.43 bits per heavy atom. The maximum absolute atomic E-state index is 4.39. The molecule has 0 aliphatic heterocycles. The molecule has 0 radical (unpaired) electrons. The number of nitrogens with one attached hydrogen (secondary N) is 1. The second-order valence-corrected chi connectivity index (χ2v) is 7.87. The van der Waals surface area contributed by atoms with Gasteiger partial charge in [-0.05, 0) is 75.5 Å². The lowest BCUT2D eigenvalue weighted by atomic mass is 9.48. The van der Waals surface area contributed by atoms with Gasteiger partial charge in [-0.1, -0.05) is 0 Å². The number of hydrogen-bond acceptors (Lipinski definition) is 3. The van der Waals surface area contributed by atoms with Crippen LogP contribution < -0.4 is 5.32 Å². The molecule has 1 unspecified atom stereocenters. The molecule has 0 saturated heterocycles. The van der Waals surface area contributed by atoms with Gasteiger partial charge >= 0.3 is 0 Å². The summed E-state index contributed by atoms with van der Waals surface area (Å²) in [7, 11) is 0. The van der Waals surface area contributed by atoms with E-state index in [1.54, 1.807) is 6.33 Å². The van der Waals surface area contributed by atoms with Gasteiger partial charge in [0.15, 0.2) is 0 Å². The quantitative estimate of drug-likeness (QED) is 0.905. The summed E-state index contributed by atoms with van der Waals surface area (Å²) in [5.74, 6) is 4.16. The molecule has 116 valence electrons. The predicted octanol–water partition coefficient (Wildman–Crippen LogP) is 2.99. The second-order valence-electron chi connectivity index (χ2n) is 7.87. The van der Waals surface area contributed by atoms with Gasteiger partial charge in [-0.2, -0.15) is 5.10 Å². The second kappa shape index (κ2) is 5.08. The van der Waals surface area contributed by atoms with Gasteiger partial charge in [0.05, 0.1) is 6.54 Å². The smallest absolute Gasteiger partial charge is 0.140 e. The highest BCUT2D eigenvalue weighted by molar-refractivity contribution is 5.05. The van der Waals surface area contributed by atoms with E-state index < -0.39 is 0 Å². The average Bonchev–Trinajstić information content (AvgIpc) is 2.90. The van der Waals surface area contributed by atoms with E-state index >= 15 is 0 Å². The SMILES string of the molecule is CCn1ncnc1CNC(C)C12CC3CC(CC(C3)C1)C2. The summed E-state index contributed by atoms with van der Waals surface area (Å²) in [5, 5.41) is 8.06. The molecule has 4 nitrogen and oxygen atoms in total. The van der Waals surface area contributed by atoms with Crippen molar-refractivity contribution in [3.8, 4) is 0 Å². The molecule has 5 rings (SSSR count). The Bertz CT molecular complexity index is 471. The molecule has 1 heterocycles. The Labute approximate surface area is 127 Å². The molecule has 0 spiro atoms. The lowest BCUT2D eigenvalue weighted by molar-refractivity contribution is -0.0708. The molecular formula is C17H28N4. The predicted molar refractivity (Wildman–Crippen MR) is 82.6 cm³/mol. The molecule has 1 aromatic rings. The lowest BCUT2D eigenvalue weighted by Crippen LogP contribution is -2.54. The van der Waals surface area contributed by atoms with E-state index in [9.17, 15) is 0 Å². The Hall–Kier alpha value is -0.900. The first-order chi connectivity index (χ1) is 10.2. The van der Waals surface area contributed by atoms with Crippen LogP contribution in [0.3, 0.4) is 0 Å². The summed E-state index contributed by atoms with van der Waals surface area (Å²) < 4.78 is 2.00. The molecular weight excluding hydrogens is 260 g/mol. The first-order valence-corrected chi connectivity index (χ1v) is 8.78. The van der Waals surface area contributed by atoms with Gasteiger partial charge in [0, 0.05) is 12.6 Å². The van der Waals surface area contributed by atoms with Gasteiger partial charge in [0.25, 0.3) is 0 Å². The molecule has 4 aliphatic carbocycles. The summed E-state index contributed by atoms with van der Waals surface area (Å²) >= 11 is 0. The largest absolute Gasteiger partial charge is 0.307 e. The number of aryl methyl sites for hydroxylation is 1. The number of aromatic nitrogens is 3. The fourth-order valence-corrected chi connectivity index (χ4v) is 5.86. The van der Waals surface area contributed by atoms with Crippen molar-refractivity contribution >= 4 is 0 Å². The van der Waals surface area contributed by atoms with Gasteiger partial charge < -0.3 is 5.32 Å². The molecule has 4 aliphatic rings. The van der Waals surface area contributed by atoms with Crippen LogP contribution in [-0.2, 0) is 13.1 Å². The number of hydrogen-bond donors (Lipinski definition) is 1. The van der Waals surface area contributed by atoms with Crippen LogP contribution in [0, 0.1) is 23.2 Å². The average molecular weight is 288 g/mol. The van der Waals surface area contributed by atoms with E-state index in [1.807, 2.05) is 4.68 Å². The fourth-order valence-electron chi connectivity index (χ4n) is 5.86. The maximum Gasteiger partial charge on any atom is 0.140 e. The van der Waals surface area contributed by atoms with Crippen LogP contribution in [0.4, 0.5) is 0 Å². The van der Waals surface area contributed by atoms with Crippen molar-refractivity contribution < 1.29 is 0 Å². The van der Waals surface area contributed by atoms with Crippen molar-refractivity contribution in [2.45, 2.75) is 71.5 Å². The summed E-state index contributed by atoms with van der Waals surface area (Å²) in [4.78, 5) is 4.39. The molecule has 21 heavy (non-hydrogen) atoms. The van der Waals surface area contributed by atoms with Crippen LogP contribution in [0.1, 0.15) is 58.2 Å². The minimum Gasteiger partial charge on any atom is -0.307 e. The zero-order chi connectivity index (χ0) is 14.4. The van der Waals surface area contributed by atoms with E-state index in [1.165, 1.54) is 38.5 Å². The lowest BCUT2D eigenvalue weighted by Gasteiger charge is -2.59. The topological polar surface area (TPSA) is 42.7 Å². The van der Waals surface area contributed by atoms with Crippen molar-refractivity contribution in [1.82, 2.24) is 20.1 Å². The van der Waals surface area contributed by atoms with Gasteiger partial charge in [0.1, 0.15) is 12.2 Å². The van der Waals surface area contributed by atoms with Crippen molar-refractivity contribution in [2.75, 3.05) is 0 Å². The number of rotatable bonds is 5. The molecule has 4 saturated carbocycles. The molecule has 4 bridgehead atoms. The van der Waals surface area contributed by atoms with E-state index in [0.29, 0.717) is 11.5 Å². The third kappa shape index (κ3) is 2.32. The molecule has 4 heteroatoms. The highest BCUT2D eigenvalue weighted by Gasteiger charge is 2.52. The highest BCUT2D eigenvalue weighted by atomic mass is 15.3. The van der Waals surface area contributed by atoms with Crippen LogP contribution in [0.2, 0.25) is 0 Å². The van der Waals surface area contributed by atoms with Crippen molar-refractivity contribution in [3.63, 3.8) is 0 Å². The number of nitrogens with zero attached hydrogens (tertiary/aromatic N) is 3. The van der Waals surface area contributed by atoms with Crippen molar-refractivity contribution in [3.05, 3.63) is 12.2 Å². The van der Waals surface area contributed by atoms with Crippen LogP contribution in [0.5, 0.6) is 0 Å². The minimum atomic E-state index is 0.575. The Morgan fingerprint density at radius 2 is 1.86 bits per heavy atom. The first-order valence-electron chi connectivity index (χ1n) is 8.78. The Morgan fingerprint density at radius 1 is 1.24 bits per heavy atom. The van der Waals surface area contributed by atoms with Gasteiger partial charge in [-0.25, -0.2) is 9.67 Å². The van der Waals surface area contributed by atoms with Gasteiger partial charge in [-0.3, -0.25) is 0 Å². The van der Waals surface area contributed by atoms with Crippen LogP contribution >= 0.6 is 0 Å². The molecule has 0 amide bonds. The monoisotopic (exact) mass is 288 g/mol. The Kier molecular flexibility index (Phi) is 3.32. The zero-order valence-corrected chi connectivity index (χ0v) is 13.4. The van der Waals surface area contributed by atoms with Crippen molar-refractivity contribution in [1.29, 1.82) is 0 Å². The molecule has 1 N–H and O–H groups in total. The van der Waals surface area contributed by atoms with E-state index in [0.717, 1.165) is 36.7 Å². The normalized spacial score (nSPS) is 38.9. The summed E-state index contributed by atoms with van der Waals surface area (Å²) in [6, 6.07) is 0.605. The highest BCUT2D eigenvalue weighted by Crippen LogP contribution is 2.61. The maximum atomic E-state index is 4.39. The molecule has 1 atom stereocenters. The Balaban J connectivity index is 1.44. The van der Waals surface area contributed by atoms with Crippen LogP contribution in [0.15, 0.2) is 6.33 Å². The van der Waals surface area contributed by atoms with Gasteiger partial charge in [-0.15, -0.1) is 0 Å². The third-order valence-electron chi connectivity index (χ3n) is 6.57. The molecule has 4 fully saturated rings. The molecule has 1 aromatic heterocycles. The van der Waals surface area contributed by atoms with E-state index in [4.69, 9.17) is 0 Å². The van der Waals surface area contributed by atoms with E-state index in [-0.39, 0.29) is 0 Å². The van der Waals surface area contributed by atoms with Crippen LogP contribution in [-0.4, -0.2) is 20.8 Å².